The summed E-state index contributed by atoms with van der Waals surface area (Å²) in [6.07, 6.45) is 0.665. The van der Waals surface area contributed by atoms with Gasteiger partial charge in [-0.2, -0.15) is 0 Å². The van der Waals surface area contributed by atoms with Gasteiger partial charge in [0.1, 0.15) is 29.4 Å². The molecular formula is C21H30F2O4. The lowest BCUT2D eigenvalue weighted by Crippen LogP contribution is -2.54. The van der Waals surface area contributed by atoms with Gasteiger partial charge in [-0.1, -0.05) is 19.9 Å². The molecule has 2 fully saturated rings. The molecule has 0 radical (unpaired) electrons. The number of hydrogen-bond acceptors (Lipinski definition) is 4. The second-order valence-electron chi connectivity index (χ2n) is 8.07. The van der Waals surface area contributed by atoms with E-state index < -0.39 is 29.1 Å². The molecule has 3 rings (SSSR count). The normalized spacial score (nSPS) is 33.8. The lowest BCUT2D eigenvalue weighted by molar-refractivity contribution is -0.216. The van der Waals surface area contributed by atoms with Gasteiger partial charge in [-0.05, 0) is 45.6 Å². The van der Waals surface area contributed by atoms with Crippen molar-refractivity contribution in [3.05, 3.63) is 35.4 Å². The molecule has 2 bridgehead atoms. The highest BCUT2D eigenvalue weighted by Crippen LogP contribution is 2.56. The van der Waals surface area contributed by atoms with Gasteiger partial charge in [0.05, 0.1) is 12.2 Å². The summed E-state index contributed by atoms with van der Waals surface area (Å²) in [4.78, 5) is 0. The Morgan fingerprint density at radius 2 is 1.93 bits per heavy atom. The summed E-state index contributed by atoms with van der Waals surface area (Å²) in [6.45, 7) is 10.6. The summed E-state index contributed by atoms with van der Waals surface area (Å²) >= 11 is 0. The van der Waals surface area contributed by atoms with E-state index in [4.69, 9.17) is 18.9 Å². The SMILES string of the molecule is CCOC(C)O[C@@H]1[C@@H](OCc2ccc(F)cc2F)[C@]2(C)CC[C@@]1(C(C)C)O2. The van der Waals surface area contributed by atoms with Crippen molar-refractivity contribution >= 4 is 0 Å². The number of halogens is 2. The Morgan fingerprint density at radius 1 is 1.19 bits per heavy atom. The van der Waals surface area contributed by atoms with Crippen LogP contribution < -0.4 is 0 Å². The highest BCUT2D eigenvalue weighted by molar-refractivity contribution is 5.19. The van der Waals surface area contributed by atoms with Crippen molar-refractivity contribution in [2.75, 3.05) is 6.61 Å². The highest BCUT2D eigenvalue weighted by atomic mass is 19.1. The van der Waals surface area contributed by atoms with Crippen LogP contribution in [0.2, 0.25) is 0 Å². The van der Waals surface area contributed by atoms with Crippen LogP contribution >= 0.6 is 0 Å². The maximum atomic E-state index is 14.0. The van der Waals surface area contributed by atoms with E-state index in [1.54, 1.807) is 0 Å². The average molecular weight is 384 g/mol. The first-order valence-electron chi connectivity index (χ1n) is 9.74. The van der Waals surface area contributed by atoms with E-state index in [1.807, 2.05) is 20.8 Å². The zero-order valence-corrected chi connectivity index (χ0v) is 16.8. The van der Waals surface area contributed by atoms with Crippen molar-refractivity contribution in [1.82, 2.24) is 0 Å². The van der Waals surface area contributed by atoms with Crippen LogP contribution in [0.25, 0.3) is 0 Å². The molecule has 27 heavy (non-hydrogen) atoms. The van der Waals surface area contributed by atoms with Crippen molar-refractivity contribution in [3.8, 4) is 0 Å². The lowest BCUT2D eigenvalue weighted by atomic mass is 9.73. The molecule has 2 saturated heterocycles. The molecule has 0 amide bonds. The van der Waals surface area contributed by atoms with E-state index in [-0.39, 0.29) is 24.7 Å². The summed E-state index contributed by atoms with van der Waals surface area (Å²) in [5.74, 6) is -0.978. The Morgan fingerprint density at radius 3 is 2.56 bits per heavy atom. The van der Waals surface area contributed by atoms with Crippen molar-refractivity contribution in [2.24, 2.45) is 5.92 Å². The standard InChI is InChI=1S/C21H30F2O4/c1-6-24-14(4)26-19-18(20(5)9-10-21(19,27-20)13(2)3)25-12-15-7-8-16(22)11-17(15)23/h7-8,11,13-14,18-19H,6,9-10,12H2,1-5H3/t14?,18-,19-,20+,21+/m1/s1. The zero-order valence-electron chi connectivity index (χ0n) is 16.8. The van der Waals surface area contributed by atoms with Crippen LogP contribution in [0.3, 0.4) is 0 Å². The maximum Gasteiger partial charge on any atom is 0.155 e. The van der Waals surface area contributed by atoms with E-state index in [1.165, 1.54) is 12.1 Å². The Bertz CT molecular complexity index is 668. The molecule has 2 aliphatic rings. The summed E-state index contributed by atoms with van der Waals surface area (Å²) < 4.78 is 51.6. The van der Waals surface area contributed by atoms with Gasteiger partial charge in [0, 0.05) is 18.2 Å². The second-order valence-corrected chi connectivity index (χ2v) is 8.07. The van der Waals surface area contributed by atoms with Crippen LogP contribution in [0.4, 0.5) is 8.78 Å². The van der Waals surface area contributed by atoms with Crippen molar-refractivity contribution in [2.45, 2.75) is 83.8 Å². The fraction of sp³-hybridized carbons (Fsp3) is 0.714. The summed E-state index contributed by atoms with van der Waals surface area (Å²) in [6, 6.07) is 3.53. The van der Waals surface area contributed by atoms with Crippen LogP contribution in [0, 0.1) is 17.6 Å². The van der Waals surface area contributed by atoms with Crippen LogP contribution in [-0.2, 0) is 25.6 Å². The second kappa shape index (κ2) is 7.74. The number of ether oxygens (including phenoxy) is 4. The van der Waals surface area contributed by atoms with Crippen LogP contribution in [0.5, 0.6) is 0 Å². The Labute approximate surface area is 160 Å². The fourth-order valence-electron chi connectivity index (χ4n) is 4.44. The third-order valence-electron chi connectivity index (χ3n) is 5.94. The maximum absolute atomic E-state index is 14.0. The Kier molecular flexibility index (Phi) is 5.92. The average Bonchev–Trinajstić information content (AvgIpc) is 3.06. The molecule has 1 unspecified atom stereocenters. The first kappa shape index (κ1) is 20.6. The lowest BCUT2D eigenvalue weighted by Gasteiger charge is -2.40. The minimum absolute atomic E-state index is 0.0345. The molecule has 1 aromatic rings. The third-order valence-corrected chi connectivity index (χ3v) is 5.94. The molecule has 0 aliphatic carbocycles. The van der Waals surface area contributed by atoms with E-state index >= 15 is 0 Å². The number of rotatable bonds is 8. The first-order valence-corrected chi connectivity index (χ1v) is 9.74. The molecular weight excluding hydrogens is 354 g/mol. The van der Waals surface area contributed by atoms with Gasteiger partial charge >= 0.3 is 0 Å². The number of fused-ring (bicyclic) bond motifs is 2. The molecule has 0 N–H and O–H groups in total. The van der Waals surface area contributed by atoms with E-state index in [2.05, 4.69) is 13.8 Å². The molecule has 0 aromatic heterocycles. The van der Waals surface area contributed by atoms with Crippen molar-refractivity contribution in [3.63, 3.8) is 0 Å². The summed E-state index contributed by atoms with van der Waals surface area (Å²) in [5, 5.41) is 0. The Hall–Kier alpha value is -1.08. The van der Waals surface area contributed by atoms with Gasteiger partial charge in [0.25, 0.3) is 0 Å². The molecule has 0 spiro atoms. The molecule has 2 aliphatic heterocycles. The molecule has 0 saturated carbocycles. The minimum Gasteiger partial charge on any atom is -0.368 e. The molecule has 2 heterocycles. The smallest absolute Gasteiger partial charge is 0.155 e. The van der Waals surface area contributed by atoms with Crippen molar-refractivity contribution < 1.29 is 27.7 Å². The molecule has 6 heteroatoms. The van der Waals surface area contributed by atoms with E-state index in [0.29, 0.717) is 12.2 Å². The predicted molar refractivity (Wildman–Crippen MR) is 97.2 cm³/mol. The topological polar surface area (TPSA) is 36.9 Å². The third kappa shape index (κ3) is 3.77. The number of hydrogen-bond donors (Lipinski definition) is 0. The summed E-state index contributed by atoms with van der Waals surface area (Å²) in [5.41, 5.74) is -0.637. The van der Waals surface area contributed by atoms with Crippen LogP contribution in [0.15, 0.2) is 18.2 Å². The minimum atomic E-state index is -0.608. The Balaban J connectivity index is 1.82. The van der Waals surface area contributed by atoms with Crippen molar-refractivity contribution in [1.29, 1.82) is 0 Å². The number of benzene rings is 1. The van der Waals surface area contributed by atoms with Gasteiger partial charge in [-0.3, -0.25) is 0 Å². The van der Waals surface area contributed by atoms with Gasteiger partial charge in [0.2, 0.25) is 0 Å². The molecule has 152 valence electrons. The quantitative estimate of drug-likeness (QED) is 0.614. The van der Waals surface area contributed by atoms with Crippen LogP contribution in [0.1, 0.15) is 53.0 Å². The molecule has 5 atom stereocenters. The fourth-order valence-corrected chi connectivity index (χ4v) is 4.44. The van der Waals surface area contributed by atoms with Gasteiger partial charge in [0.15, 0.2) is 6.29 Å². The predicted octanol–water partition coefficient (Wildman–Crippen LogP) is 4.60. The van der Waals surface area contributed by atoms with Gasteiger partial charge < -0.3 is 18.9 Å². The monoisotopic (exact) mass is 384 g/mol. The first-order chi connectivity index (χ1) is 12.7. The zero-order chi connectivity index (χ0) is 19.8. The van der Waals surface area contributed by atoms with Crippen LogP contribution in [-0.4, -0.2) is 36.3 Å². The summed E-state index contributed by atoms with van der Waals surface area (Å²) in [7, 11) is 0. The van der Waals surface area contributed by atoms with E-state index in [0.717, 1.165) is 18.9 Å². The molecule has 4 nitrogen and oxygen atoms in total. The highest BCUT2D eigenvalue weighted by Gasteiger charge is 2.68. The van der Waals surface area contributed by atoms with Gasteiger partial charge in [-0.15, -0.1) is 0 Å². The van der Waals surface area contributed by atoms with Gasteiger partial charge in [-0.25, -0.2) is 8.78 Å². The molecule has 1 aromatic carbocycles. The largest absolute Gasteiger partial charge is 0.368 e. The van der Waals surface area contributed by atoms with E-state index in [9.17, 15) is 8.78 Å².